The van der Waals surface area contributed by atoms with Gasteiger partial charge < -0.3 is 10.2 Å². The van der Waals surface area contributed by atoms with Gasteiger partial charge in [0.15, 0.2) is 0 Å². The third-order valence-corrected chi connectivity index (χ3v) is 3.42. The van der Waals surface area contributed by atoms with Gasteiger partial charge >= 0.3 is 0 Å². The largest absolute Gasteiger partial charge is 0.374 e. The van der Waals surface area contributed by atoms with Gasteiger partial charge in [-0.1, -0.05) is 13.8 Å². The van der Waals surface area contributed by atoms with Gasteiger partial charge in [-0.25, -0.2) is 0 Å². The number of likely N-dealkylation sites (N-methyl/N-ethyl adjacent to an activating group) is 1. The Kier molecular flexibility index (Phi) is 5.69. The molecule has 2 heterocycles. The van der Waals surface area contributed by atoms with E-state index in [2.05, 4.69) is 65.3 Å². The first kappa shape index (κ1) is 15.4. The fourth-order valence-electron chi connectivity index (χ4n) is 2.08. The van der Waals surface area contributed by atoms with Gasteiger partial charge in [-0.2, -0.15) is 0 Å². The minimum Gasteiger partial charge on any atom is -0.374 e. The number of pyridine rings is 2. The van der Waals surface area contributed by atoms with Crippen LogP contribution in [-0.2, 0) is 13.0 Å². The summed E-state index contributed by atoms with van der Waals surface area (Å²) in [5.41, 5.74) is 3.60. The smallest absolute Gasteiger partial charge is 0.0562 e. The van der Waals surface area contributed by atoms with Crippen LogP contribution in [-0.4, -0.2) is 29.6 Å². The van der Waals surface area contributed by atoms with E-state index in [1.807, 2.05) is 18.6 Å². The molecule has 0 amide bonds. The predicted molar refractivity (Wildman–Crippen MR) is 87.4 cm³/mol. The van der Waals surface area contributed by atoms with Crippen molar-refractivity contribution in [3.05, 3.63) is 54.1 Å². The summed E-state index contributed by atoms with van der Waals surface area (Å²) in [6.07, 6.45) is 6.59. The topological polar surface area (TPSA) is 41.0 Å². The average Bonchev–Trinajstić information content (AvgIpc) is 2.52. The molecule has 2 rings (SSSR count). The van der Waals surface area contributed by atoms with Crippen LogP contribution in [0.15, 0.2) is 42.9 Å². The minimum atomic E-state index is 0.472. The summed E-state index contributed by atoms with van der Waals surface area (Å²) in [6.45, 7) is 6.07. The van der Waals surface area contributed by atoms with Gasteiger partial charge in [0, 0.05) is 50.5 Å². The molecule has 4 nitrogen and oxygen atoms in total. The van der Waals surface area contributed by atoms with Crippen molar-refractivity contribution in [3.8, 4) is 0 Å². The van der Waals surface area contributed by atoms with E-state index in [4.69, 9.17) is 0 Å². The molecule has 2 aromatic rings. The van der Waals surface area contributed by atoms with Crippen LogP contribution in [0, 0.1) is 0 Å². The molecule has 0 atom stereocenters. The van der Waals surface area contributed by atoms with Gasteiger partial charge in [0.25, 0.3) is 0 Å². The maximum absolute atomic E-state index is 4.41. The van der Waals surface area contributed by atoms with E-state index in [-0.39, 0.29) is 0 Å². The number of nitrogens with zero attached hydrogens (tertiary/aromatic N) is 3. The van der Waals surface area contributed by atoms with Crippen molar-refractivity contribution < 1.29 is 0 Å². The molecular weight excluding hydrogens is 260 g/mol. The van der Waals surface area contributed by atoms with Crippen LogP contribution >= 0.6 is 0 Å². The summed E-state index contributed by atoms with van der Waals surface area (Å²) in [4.78, 5) is 10.7. The fourth-order valence-corrected chi connectivity index (χ4v) is 2.08. The normalized spacial score (nSPS) is 10.9. The van der Waals surface area contributed by atoms with Crippen molar-refractivity contribution in [2.24, 2.45) is 0 Å². The molecule has 21 heavy (non-hydrogen) atoms. The number of hydrogen-bond acceptors (Lipinski definition) is 4. The lowest BCUT2D eigenvalue weighted by atomic mass is 10.2. The van der Waals surface area contributed by atoms with Gasteiger partial charge in [0.2, 0.25) is 0 Å². The van der Waals surface area contributed by atoms with Crippen molar-refractivity contribution >= 4 is 5.69 Å². The van der Waals surface area contributed by atoms with Crippen molar-refractivity contribution in [2.75, 3.05) is 18.5 Å². The number of anilines is 1. The Bertz CT molecular complexity index is 539. The van der Waals surface area contributed by atoms with Gasteiger partial charge in [-0.05, 0) is 36.2 Å². The Morgan fingerprint density at radius 1 is 1.14 bits per heavy atom. The van der Waals surface area contributed by atoms with E-state index >= 15 is 0 Å². The first-order valence-electron chi connectivity index (χ1n) is 7.43. The van der Waals surface area contributed by atoms with Crippen molar-refractivity contribution in [1.29, 1.82) is 0 Å². The van der Waals surface area contributed by atoms with Gasteiger partial charge in [-0.15, -0.1) is 0 Å². The first-order valence-corrected chi connectivity index (χ1v) is 7.43. The molecule has 4 heteroatoms. The quantitative estimate of drug-likeness (QED) is 0.848. The third kappa shape index (κ3) is 5.16. The summed E-state index contributed by atoms with van der Waals surface area (Å²) in [5.74, 6) is 0. The Morgan fingerprint density at radius 2 is 1.90 bits per heavy atom. The molecule has 2 aromatic heterocycles. The zero-order chi connectivity index (χ0) is 15.1. The lowest BCUT2D eigenvalue weighted by Crippen LogP contribution is -2.23. The molecule has 0 aliphatic rings. The van der Waals surface area contributed by atoms with Crippen LogP contribution < -0.4 is 10.2 Å². The van der Waals surface area contributed by atoms with Crippen LogP contribution in [0.25, 0.3) is 0 Å². The average molecular weight is 284 g/mol. The molecule has 112 valence electrons. The van der Waals surface area contributed by atoms with Crippen molar-refractivity contribution in [2.45, 2.75) is 32.9 Å². The van der Waals surface area contributed by atoms with Crippen LogP contribution in [0.5, 0.6) is 0 Å². The minimum absolute atomic E-state index is 0.472. The number of nitrogens with one attached hydrogen (secondary N) is 1. The highest BCUT2D eigenvalue weighted by Gasteiger charge is 2.04. The molecule has 0 unspecified atom stereocenters. The summed E-state index contributed by atoms with van der Waals surface area (Å²) >= 11 is 0. The van der Waals surface area contributed by atoms with E-state index in [1.165, 1.54) is 11.3 Å². The number of hydrogen-bond donors (Lipinski definition) is 1. The van der Waals surface area contributed by atoms with E-state index in [0.29, 0.717) is 6.04 Å². The lowest BCUT2D eigenvalue weighted by molar-refractivity contribution is 0.581. The standard InChI is InChI=1S/C17H24N4/c1-14(2)20-13-16-12-17(6-10-19-16)21(3)11-7-15-4-8-18-9-5-15/h4-6,8-10,12,14,20H,7,11,13H2,1-3H3. The first-order chi connectivity index (χ1) is 10.1. The zero-order valence-electron chi connectivity index (χ0n) is 13.1. The predicted octanol–water partition coefficient (Wildman–Crippen LogP) is 2.65. The lowest BCUT2D eigenvalue weighted by Gasteiger charge is -2.20. The Labute approximate surface area is 127 Å². The molecule has 0 radical (unpaired) electrons. The second-order valence-corrected chi connectivity index (χ2v) is 5.57. The second-order valence-electron chi connectivity index (χ2n) is 5.57. The van der Waals surface area contributed by atoms with E-state index in [1.54, 1.807) is 0 Å². The van der Waals surface area contributed by atoms with Crippen LogP contribution in [0.3, 0.4) is 0 Å². The SMILES string of the molecule is CC(C)NCc1cc(N(C)CCc2ccncc2)ccn1. The highest BCUT2D eigenvalue weighted by Crippen LogP contribution is 2.13. The maximum Gasteiger partial charge on any atom is 0.0562 e. The van der Waals surface area contributed by atoms with Gasteiger partial charge in [0.1, 0.15) is 0 Å². The maximum atomic E-state index is 4.41. The molecule has 0 aliphatic heterocycles. The summed E-state index contributed by atoms with van der Waals surface area (Å²) < 4.78 is 0. The summed E-state index contributed by atoms with van der Waals surface area (Å²) in [5, 5.41) is 3.40. The Balaban J connectivity index is 1.92. The molecule has 0 aromatic carbocycles. The molecule has 0 bridgehead atoms. The summed E-state index contributed by atoms with van der Waals surface area (Å²) in [6, 6.07) is 8.82. The molecule has 0 aliphatic carbocycles. The van der Waals surface area contributed by atoms with Crippen LogP contribution in [0.4, 0.5) is 5.69 Å². The molecule has 0 saturated carbocycles. The second kappa shape index (κ2) is 7.74. The summed E-state index contributed by atoms with van der Waals surface area (Å²) in [7, 11) is 2.12. The number of aromatic nitrogens is 2. The molecular formula is C17H24N4. The molecule has 0 spiro atoms. The van der Waals surface area contributed by atoms with Crippen LogP contribution in [0.2, 0.25) is 0 Å². The highest BCUT2D eigenvalue weighted by atomic mass is 15.1. The van der Waals surface area contributed by atoms with E-state index in [9.17, 15) is 0 Å². The molecule has 0 fully saturated rings. The van der Waals surface area contributed by atoms with Crippen LogP contribution in [0.1, 0.15) is 25.1 Å². The van der Waals surface area contributed by atoms with E-state index in [0.717, 1.165) is 25.2 Å². The Morgan fingerprint density at radius 3 is 2.62 bits per heavy atom. The molecule has 0 saturated heterocycles. The monoisotopic (exact) mass is 284 g/mol. The van der Waals surface area contributed by atoms with E-state index < -0.39 is 0 Å². The zero-order valence-corrected chi connectivity index (χ0v) is 13.1. The van der Waals surface area contributed by atoms with Crippen molar-refractivity contribution in [1.82, 2.24) is 15.3 Å². The molecule has 1 N–H and O–H groups in total. The Hall–Kier alpha value is -1.94. The third-order valence-electron chi connectivity index (χ3n) is 3.42. The highest BCUT2D eigenvalue weighted by molar-refractivity contribution is 5.45. The fraction of sp³-hybridized carbons (Fsp3) is 0.412. The van der Waals surface area contributed by atoms with Gasteiger partial charge in [0.05, 0.1) is 5.69 Å². The number of rotatable bonds is 7. The van der Waals surface area contributed by atoms with Crippen molar-refractivity contribution in [3.63, 3.8) is 0 Å². The van der Waals surface area contributed by atoms with Gasteiger partial charge in [-0.3, -0.25) is 9.97 Å².